The van der Waals surface area contributed by atoms with Crippen molar-refractivity contribution in [3.8, 4) is 0 Å². The molecule has 10 heteroatoms. The Kier molecular flexibility index (Phi) is 7.60. The fourth-order valence-corrected chi connectivity index (χ4v) is 4.31. The molecule has 0 aliphatic heterocycles. The summed E-state index contributed by atoms with van der Waals surface area (Å²) < 4.78 is 26.3. The number of rotatable bonds is 9. The van der Waals surface area contributed by atoms with E-state index in [1.54, 1.807) is 26.0 Å². The Morgan fingerprint density at radius 3 is 2.24 bits per heavy atom. The molecule has 0 atom stereocenters. The monoisotopic (exact) mass is 438 g/mol. The van der Waals surface area contributed by atoms with Gasteiger partial charge in [-0.25, -0.2) is 8.42 Å². The molecule has 156 valence electrons. The van der Waals surface area contributed by atoms with Crippen molar-refractivity contribution in [1.29, 1.82) is 0 Å². The molecular formula is C19H23ClN4O4S. The largest absolute Gasteiger partial charge is 0.375 e. The Balaban J connectivity index is 2.03. The van der Waals surface area contributed by atoms with Crippen LogP contribution in [0, 0.1) is 0 Å². The van der Waals surface area contributed by atoms with Crippen LogP contribution in [0.1, 0.15) is 24.2 Å². The maximum absolute atomic E-state index is 12.5. The number of primary amides is 1. The van der Waals surface area contributed by atoms with Crippen LogP contribution >= 0.6 is 11.6 Å². The number of anilines is 2. The average molecular weight is 439 g/mol. The van der Waals surface area contributed by atoms with Gasteiger partial charge < -0.3 is 16.4 Å². The maximum atomic E-state index is 12.5. The van der Waals surface area contributed by atoms with Crippen LogP contribution in [0.4, 0.5) is 11.4 Å². The normalized spacial score (nSPS) is 11.3. The summed E-state index contributed by atoms with van der Waals surface area (Å²) in [6.45, 7) is 4.17. The van der Waals surface area contributed by atoms with Gasteiger partial charge in [-0.15, -0.1) is 0 Å². The molecule has 8 nitrogen and oxygen atoms in total. The van der Waals surface area contributed by atoms with E-state index < -0.39 is 15.9 Å². The minimum absolute atomic E-state index is 0.124. The molecule has 0 aromatic heterocycles. The number of nitrogens with zero attached hydrogens (tertiary/aromatic N) is 1. The highest BCUT2D eigenvalue weighted by Crippen LogP contribution is 2.21. The number of sulfonamides is 1. The van der Waals surface area contributed by atoms with E-state index in [0.717, 1.165) is 0 Å². The number of carbonyl (C=O) groups is 2. The molecule has 0 saturated carbocycles. The van der Waals surface area contributed by atoms with E-state index in [4.69, 9.17) is 17.3 Å². The van der Waals surface area contributed by atoms with Crippen LogP contribution in [-0.4, -0.2) is 44.2 Å². The average Bonchev–Trinajstić information content (AvgIpc) is 2.68. The van der Waals surface area contributed by atoms with Crippen LogP contribution in [0.15, 0.2) is 47.4 Å². The zero-order chi connectivity index (χ0) is 21.6. The predicted molar refractivity (Wildman–Crippen MR) is 114 cm³/mol. The number of nitrogens with one attached hydrogen (secondary N) is 2. The van der Waals surface area contributed by atoms with Crippen LogP contribution in [-0.2, 0) is 14.8 Å². The van der Waals surface area contributed by atoms with E-state index in [2.05, 4.69) is 10.6 Å². The molecule has 0 aliphatic carbocycles. The maximum Gasteiger partial charge on any atom is 0.250 e. The Morgan fingerprint density at radius 2 is 1.69 bits per heavy atom. The van der Waals surface area contributed by atoms with Gasteiger partial charge in [-0.2, -0.15) is 4.31 Å². The first kappa shape index (κ1) is 22.7. The summed E-state index contributed by atoms with van der Waals surface area (Å²) in [5, 5.41) is 5.84. The third-order valence-corrected chi connectivity index (χ3v) is 6.47. The van der Waals surface area contributed by atoms with Gasteiger partial charge in [0, 0.05) is 29.5 Å². The molecule has 0 heterocycles. The number of hydrogen-bond acceptors (Lipinski definition) is 5. The quantitative estimate of drug-likeness (QED) is 0.555. The van der Waals surface area contributed by atoms with E-state index in [9.17, 15) is 18.0 Å². The van der Waals surface area contributed by atoms with Crippen molar-refractivity contribution in [2.24, 2.45) is 5.73 Å². The number of benzene rings is 2. The molecule has 4 N–H and O–H groups in total. The zero-order valence-corrected chi connectivity index (χ0v) is 17.7. The molecule has 2 rings (SSSR count). The van der Waals surface area contributed by atoms with Gasteiger partial charge in [0.15, 0.2) is 0 Å². The van der Waals surface area contributed by atoms with Gasteiger partial charge in [-0.05, 0) is 42.5 Å². The molecule has 0 unspecified atom stereocenters. The highest BCUT2D eigenvalue weighted by atomic mass is 35.5. The molecule has 2 aromatic rings. The van der Waals surface area contributed by atoms with E-state index in [1.165, 1.54) is 34.6 Å². The van der Waals surface area contributed by atoms with E-state index in [-0.39, 0.29) is 22.9 Å². The highest BCUT2D eigenvalue weighted by molar-refractivity contribution is 7.89. The van der Waals surface area contributed by atoms with Crippen LogP contribution in [0.5, 0.6) is 0 Å². The molecule has 0 radical (unpaired) electrons. The van der Waals surface area contributed by atoms with Crippen molar-refractivity contribution >= 4 is 44.8 Å². The third kappa shape index (κ3) is 5.69. The summed E-state index contributed by atoms with van der Waals surface area (Å²) in [6.07, 6.45) is 0. The molecule has 0 saturated heterocycles. The minimum Gasteiger partial charge on any atom is -0.375 e. The predicted octanol–water partition coefficient (Wildman–Crippen LogP) is 2.52. The van der Waals surface area contributed by atoms with Crippen molar-refractivity contribution in [2.45, 2.75) is 18.7 Å². The second-order valence-corrected chi connectivity index (χ2v) is 8.44. The lowest BCUT2D eigenvalue weighted by Crippen LogP contribution is -2.30. The van der Waals surface area contributed by atoms with Gasteiger partial charge in [-0.3, -0.25) is 9.59 Å². The topological polar surface area (TPSA) is 122 Å². The van der Waals surface area contributed by atoms with Gasteiger partial charge in [0.25, 0.3) is 5.91 Å². The van der Waals surface area contributed by atoms with Crippen molar-refractivity contribution in [3.05, 3.63) is 53.1 Å². The van der Waals surface area contributed by atoms with Gasteiger partial charge in [0.05, 0.1) is 17.0 Å². The first-order valence-electron chi connectivity index (χ1n) is 8.92. The lowest BCUT2D eigenvalue weighted by Gasteiger charge is -2.18. The number of hydrogen-bond donors (Lipinski definition) is 3. The minimum atomic E-state index is -3.56. The Morgan fingerprint density at radius 1 is 1.07 bits per heavy atom. The van der Waals surface area contributed by atoms with Crippen molar-refractivity contribution in [1.82, 2.24) is 4.31 Å². The molecule has 29 heavy (non-hydrogen) atoms. The Hall–Kier alpha value is -2.62. The summed E-state index contributed by atoms with van der Waals surface area (Å²) in [5.74, 6) is -1.05. The second-order valence-electron chi connectivity index (χ2n) is 6.07. The van der Waals surface area contributed by atoms with Crippen molar-refractivity contribution in [2.75, 3.05) is 30.3 Å². The third-order valence-electron chi connectivity index (χ3n) is 4.17. The van der Waals surface area contributed by atoms with E-state index in [1.807, 2.05) is 0 Å². The fraction of sp³-hybridized carbons (Fsp3) is 0.263. The summed E-state index contributed by atoms with van der Waals surface area (Å²) in [4.78, 5) is 23.8. The number of halogens is 1. The van der Waals surface area contributed by atoms with Crippen molar-refractivity contribution in [3.63, 3.8) is 0 Å². The van der Waals surface area contributed by atoms with Gasteiger partial charge in [-0.1, -0.05) is 25.4 Å². The lowest BCUT2D eigenvalue weighted by molar-refractivity contribution is -0.114. The molecule has 0 spiro atoms. The number of amides is 2. The Bertz CT molecular complexity index is 990. The summed E-state index contributed by atoms with van der Waals surface area (Å²) in [7, 11) is -3.56. The lowest BCUT2D eigenvalue weighted by atomic mass is 10.1. The summed E-state index contributed by atoms with van der Waals surface area (Å²) in [6, 6.07) is 10.5. The summed E-state index contributed by atoms with van der Waals surface area (Å²) in [5.41, 5.74) is 6.32. The fourth-order valence-electron chi connectivity index (χ4n) is 2.68. The smallest absolute Gasteiger partial charge is 0.250 e. The van der Waals surface area contributed by atoms with Crippen LogP contribution in [0.25, 0.3) is 0 Å². The van der Waals surface area contributed by atoms with Gasteiger partial charge in [0.1, 0.15) is 0 Å². The molecule has 0 fully saturated rings. The molecule has 0 aliphatic rings. The van der Waals surface area contributed by atoms with Gasteiger partial charge >= 0.3 is 0 Å². The number of carbonyl (C=O) groups excluding carboxylic acids is 2. The van der Waals surface area contributed by atoms with Crippen LogP contribution < -0.4 is 16.4 Å². The highest BCUT2D eigenvalue weighted by Gasteiger charge is 2.21. The van der Waals surface area contributed by atoms with Crippen LogP contribution in [0.3, 0.4) is 0 Å². The zero-order valence-electron chi connectivity index (χ0n) is 16.1. The molecular weight excluding hydrogens is 416 g/mol. The Labute approximate surface area is 175 Å². The summed E-state index contributed by atoms with van der Waals surface area (Å²) >= 11 is 5.85. The van der Waals surface area contributed by atoms with E-state index in [0.29, 0.717) is 29.5 Å². The SMILES string of the molecule is CCN(CC)S(=O)(=O)c1ccc(NC(=O)CNc2ccc(Cl)cc2C(N)=O)cc1. The first-order valence-corrected chi connectivity index (χ1v) is 10.7. The van der Waals surface area contributed by atoms with Gasteiger partial charge in [0.2, 0.25) is 15.9 Å². The number of nitrogens with two attached hydrogens (primary N) is 1. The molecule has 2 aromatic carbocycles. The first-order chi connectivity index (χ1) is 13.7. The standard InChI is InChI=1S/C19H23ClN4O4S/c1-3-24(4-2)29(27,28)15-8-6-14(7-9-15)23-18(25)12-22-17-10-5-13(20)11-16(17)19(21)26/h5-11,22H,3-4,12H2,1-2H3,(H2,21,26)(H,23,25). The molecule has 2 amide bonds. The molecule has 0 bridgehead atoms. The van der Waals surface area contributed by atoms with Crippen molar-refractivity contribution < 1.29 is 18.0 Å². The van der Waals surface area contributed by atoms with Crippen LogP contribution in [0.2, 0.25) is 5.02 Å². The second kappa shape index (κ2) is 9.73. The van der Waals surface area contributed by atoms with E-state index >= 15 is 0 Å².